The van der Waals surface area contributed by atoms with Crippen LogP contribution in [-0.2, 0) is 34.1 Å². The van der Waals surface area contributed by atoms with Gasteiger partial charge in [-0.2, -0.15) is 9.71 Å². The maximum atomic E-state index is 12.4. The van der Waals surface area contributed by atoms with Gasteiger partial charge in [0.1, 0.15) is 6.04 Å². The third kappa shape index (κ3) is 5.76. The molecular weight excluding hydrogens is 446 g/mol. The van der Waals surface area contributed by atoms with Crippen molar-refractivity contribution in [3.8, 4) is 0 Å². The SMILES string of the molecule is O=C(O)C(Cc1nc(CCCc2ccc3cccnc3n2)no1)NS(=O)(=O)c1ccccc1. The summed E-state index contributed by atoms with van der Waals surface area (Å²) in [5.74, 6) is -0.884. The van der Waals surface area contributed by atoms with Gasteiger partial charge in [0.15, 0.2) is 11.5 Å². The zero-order chi connectivity index (χ0) is 23.3. The van der Waals surface area contributed by atoms with E-state index in [-0.39, 0.29) is 17.2 Å². The molecule has 1 unspecified atom stereocenters. The Labute approximate surface area is 189 Å². The lowest BCUT2D eigenvalue weighted by molar-refractivity contribution is -0.139. The zero-order valence-electron chi connectivity index (χ0n) is 17.5. The highest BCUT2D eigenvalue weighted by Gasteiger charge is 2.27. The Balaban J connectivity index is 1.35. The number of pyridine rings is 2. The largest absolute Gasteiger partial charge is 0.480 e. The van der Waals surface area contributed by atoms with Crippen LogP contribution < -0.4 is 4.72 Å². The third-order valence-electron chi connectivity index (χ3n) is 4.89. The van der Waals surface area contributed by atoms with Crippen LogP contribution in [0.1, 0.15) is 23.8 Å². The van der Waals surface area contributed by atoms with Gasteiger partial charge in [-0.25, -0.2) is 18.4 Å². The molecule has 1 aromatic carbocycles. The fourth-order valence-electron chi connectivity index (χ4n) is 3.24. The van der Waals surface area contributed by atoms with E-state index in [0.29, 0.717) is 30.7 Å². The van der Waals surface area contributed by atoms with E-state index in [4.69, 9.17) is 4.52 Å². The topological polar surface area (TPSA) is 148 Å². The van der Waals surface area contributed by atoms with E-state index in [2.05, 4.69) is 24.8 Å². The van der Waals surface area contributed by atoms with Gasteiger partial charge in [-0.3, -0.25) is 4.79 Å². The van der Waals surface area contributed by atoms with Crippen molar-refractivity contribution in [3.05, 3.63) is 78.2 Å². The molecule has 4 aromatic rings. The highest BCUT2D eigenvalue weighted by molar-refractivity contribution is 7.89. The third-order valence-corrected chi connectivity index (χ3v) is 6.38. The minimum Gasteiger partial charge on any atom is -0.480 e. The van der Waals surface area contributed by atoms with Crippen LogP contribution in [0.4, 0.5) is 0 Å². The molecule has 2 N–H and O–H groups in total. The number of carbonyl (C=O) groups is 1. The van der Waals surface area contributed by atoms with Crippen molar-refractivity contribution < 1.29 is 22.8 Å². The van der Waals surface area contributed by atoms with Crippen molar-refractivity contribution in [3.63, 3.8) is 0 Å². The lowest BCUT2D eigenvalue weighted by Crippen LogP contribution is -2.42. The number of benzene rings is 1. The number of hydrogen-bond donors (Lipinski definition) is 2. The Morgan fingerprint density at radius 3 is 2.64 bits per heavy atom. The molecule has 1 atom stereocenters. The second-order valence-electron chi connectivity index (χ2n) is 7.34. The normalized spacial score (nSPS) is 12.6. The maximum absolute atomic E-state index is 12.4. The number of fused-ring (bicyclic) bond motifs is 1. The van der Waals surface area contributed by atoms with Gasteiger partial charge >= 0.3 is 5.97 Å². The smallest absolute Gasteiger partial charge is 0.322 e. The standard InChI is InChI=1S/C22H21N5O5S/c28-22(29)18(27-33(30,31)17-8-2-1-3-9-17)14-20-25-19(26-32-20)10-4-7-16-12-11-15-6-5-13-23-21(15)24-16/h1-3,5-6,8-9,11-13,18,27H,4,7,10,14H2,(H,28,29). The summed E-state index contributed by atoms with van der Waals surface area (Å²) < 4.78 is 32.2. The number of carboxylic acids is 1. The van der Waals surface area contributed by atoms with Gasteiger partial charge in [0, 0.05) is 23.7 Å². The predicted octanol–water partition coefficient (Wildman–Crippen LogP) is 2.16. The quantitative estimate of drug-likeness (QED) is 0.358. The summed E-state index contributed by atoms with van der Waals surface area (Å²) >= 11 is 0. The zero-order valence-corrected chi connectivity index (χ0v) is 18.3. The molecule has 0 aliphatic carbocycles. The number of nitrogens with one attached hydrogen (secondary N) is 1. The summed E-state index contributed by atoms with van der Waals surface area (Å²) in [5, 5.41) is 14.3. The molecule has 0 bridgehead atoms. The van der Waals surface area contributed by atoms with Crippen molar-refractivity contribution in [2.75, 3.05) is 0 Å². The first-order valence-corrected chi connectivity index (χ1v) is 11.7. The second kappa shape index (κ2) is 9.84. The fourth-order valence-corrected chi connectivity index (χ4v) is 4.45. The van der Waals surface area contributed by atoms with Gasteiger partial charge in [0.05, 0.1) is 11.3 Å². The molecule has 3 heterocycles. The molecule has 0 spiro atoms. The maximum Gasteiger partial charge on any atom is 0.322 e. The Morgan fingerprint density at radius 1 is 1.03 bits per heavy atom. The second-order valence-corrected chi connectivity index (χ2v) is 9.05. The molecule has 0 saturated carbocycles. The molecule has 4 rings (SSSR count). The monoisotopic (exact) mass is 467 g/mol. The molecular formula is C22H21N5O5S. The predicted molar refractivity (Wildman–Crippen MR) is 118 cm³/mol. The number of hydrogen-bond acceptors (Lipinski definition) is 8. The first kappa shape index (κ1) is 22.5. The van der Waals surface area contributed by atoms with Gasteiger partial charge < -0.3 is 9.63 Å². The molecule has 0 aliphatic rings. The summed E-state index contributed by atoms with van der Waals surface area (Å²) in [6, 6.07) is 13.8. The Morgan fingerprint density at radius 2 is 1.85 bits per heavy atom. The minimum absolute atomic E-state index is 0.0278. The van der Waals surface area contributed by atoms with Crippen molar-refractivity contribution in [2.45, 2.75) is 36.6 Å². The van der Waals surface area contributed by atoms with Crippen molar-refractivity contribution in [2.24, 2.45) is 0 Å². The fraction of sp³-hybridized carbons (Fsp3) is 0.227. The van der Waals surface area contributed by atoms with Crippen molar-refractivity contribution in [1.29, 1.82) is 0 Å². The van der Waals surface area contributed by atoms with Gasteiger partial charge in [0.2, 0.25) is 15.9 Å². The molecule has 170 valence electrons. The van der Waals surface area contributed by atoms with Crippen molar-refractivity contribution >= 4 is 27.0 Å². The lowest BCUT2D eigenvalue weighted by atomic mass is 10.1. The summed E-state index contributed by atoms with van der Waals surface area (Å²) in [6.45, 7) is 0. The van der Waals surface area contributed by atoms with Gasteiger partial charge in [0.25, 0.3) is 0 Å². The summed E-state index contributed by atoms with van der Waals surface area (Å²) in [7, 11) is -4.01. The number of nitrogens with zero attached hydrogens (tertiary/aromatic N) is 4. The first-order chi connectivity index (χ1) is 15.9. The number of rotatable bonds is 10. The molecule has 0 fully saturated rings. The Kier molecular flexibility index (Phi) is 6.71. The van der Waals surface area contributed by atoms with E-state index < -0.39 is 22.0 Å². The number of sulfonamides is 1. The van der Waals surface area contributed by atoms with Crippen LogP contribution in [0.5, 0.6) is 0 Å². The molecule has 10 nitrogen and oxygen atoms in total. The van der Waals surface area contributed by atoms with Gasteiger partial charge in [-0.05, 0) is 49.2 Å². The molecule has 0 radical (unpaired) electrons. The summed E-state index contributed by atoms with van der Waals surface area (Å²) in [5.41, 5.74) is 1.58. The van der Waals surface area contributed by atoms with E-state index in [1.54, 1.807) is 24.4 Å². The van der Waals surface area contributed by atoms with Crippen LogP contribution >= 0.6 is 0 Å². The van der Waals surface area contributed by atoms with Crippen LogP contribution in [0, 0.1) is 0 Å². The molecule has 3 aromatic heterocycles. The van der Waals surface area contributed by atoms with Crippen LogP contribution in [-0.4, -0.2) is 45.6 Å². The number of carboxylic acid groups (broad SMARTS) is 1. The van der Waals surface area contributed by atoms with E-state index in [1.807, 2.05) is 24.3 Å². The molecule has 0 saturated heterocycles. The number of aliphatic carboxylic acids is 1. The van der Waals surface area contributed by atoms with Crippen LogP contribution in [0.25, 0.3) is 11.0 Å². The molecule has 0 aliphatic heterocycles. The number of aromatic nitrogens is 4. The molecule has 33 heavy (non-hydrogen) atoms. The molecule has 11 heteroatoms. The van der Waals surface area contributed by atoms with E-state index in [1.165, 1.54) is 12.1 Å². The number of aryl methyl sites for hydroxylation is 2. The lowest BCUT2D eigenvalue weighted by Gasteiger charge is -2.12. The van der Waals surface area contributed by atoms with E-state index >= 15 is 0 Å². The van der Waals surface area contributed by atoms with Gasteiger partial charge in [-0.1, -0.05) is 23.4 Å². The average Bonchev–Trinajstić information content (AvgIpc) is 3.26. The first-order valence-electron chi connectivity index (χ1n) is 10.2. The van der Waals surface area contributed by atoms with Crippen LogP contribution in [0.15, 0.2) is 70.2 Å². The summed E-state index contributed by atoms with van der Waals surface area (Å²) in [4.78, 5) is 24.6. The van der Waals surface area contributed by atoms with Crippen molar-refractivity contribution in [1.82, 2.24) is 24.8 Å². The van der Waals surface area contributed by atoms with Crippen LogP contribution in [0.3, 0.4) is 0 Å². The molecule has 0 amide bonds. The summed E-state index contributed by atoms with van der Waals surface area (Å²) in [6.07, 6.45) is 3.31. The van der Waals surface area contributed by atoms with Crippen LogP contribution in [0.2, 0.25) is 0 Å². The Hall–Kier alpha value is -3.70. The van der Waals surface area contributed by atoms with E-state index in [0.717, 1.165) is 11.1 Å². The minimum atomic E-state index is -4.01. The average molecular weight is 468 g/mol. The van der Waals surface area contributed by atoms with Gasteiger partial charge in [-0.15, -0.1) is 0 Å². The highest BCUT2D eigenvalue weighted by atomic mass is 32.2. The van der Waals surface area contributed by atoms with E-state index in [9.17, 15) is 18.3 Å². The Bertz CT molecular complexity index is 1360. The highest BCUT2D eigenvalue weighted by Crippen LogP contribution is 2.13.